The van der Waals surface area contributed by atoms with Crippen LogP contribution in [-0.4, -0.2) is 26.7 Å². The third-order valence-electron chi connectivity index (χ3n) is 2.26. The number of nitrogens with zero attached hydrogens (tertiary/aromatic N) is 3. The Morgan fingerprint density at radius 3 is 2.72 bits per heavy atom. The number of aromatic nitrogens is 4. The zero-order chi connectivity index (χ0) is 13.0. The highest BCUT2D eigenvalue weighted by Crippen LogP contribution is 2.19. The molecule has 0 saturated carbocycles. The topological polar surface area (TPSA) is 75.7 Å². The molecule has 0 aliphatic heterocycles. The number of H-pyrrole nitrogens is 1. The van der Waals surface area contributed by atoms with E-state index >= 15 is 0 Å². The number of anilines is 1. The molecule has 0 radical (unpaired) electrons. The van der Waals surface area contributed by atoms with Gasteiger partial charge >= 0.3 is 0 Å². The van der Waals surface area contributed by atoms with E-state index in [4.69, 9.17) is 4.74 Å². The Morgan fingerprint density at radius 2 is 2.06 bits per heavy atom. The van der Waals surface area contributed by atoms with Gasteiger partial charge in [0.25, 0.3) is 0 Å². The van der Waals surface area contributed by atoms with Gasteiger partial charge in [0.1, 0.15) is 0 Å². The summed E-state index contributed by atoms with van der Waals surface area (Å²) >= 11 is 0. The van der Waals surface area contributed by atoms with Gasteiger partial charge in [-0.2, -0.15) is 4.98 Å². The van der Waals surface area contributed by atoms with E-state index in [1.165, 1.54) is 0 Å². The monoisotopic (exact) mass is 247 g/mol. The van der Waals surface area contributed by atoms with Gasteiger partial charge < -0.3 is 10.1 Å². The molecule has 6 heteroatoms. The van der Waals surface area contributed by atoms with Crippen LogP contribution in [-0.2, 0) is 0 Å². The van der Waals surface area contributed by atoms with Crippen molar-refractivity contribution in [3.05, 3.63) is 23.5 Å². The van der Waals surface area contributed by atoms with Gasteiger partial charge in [0.05, 0.1) is 0 Å². The van der Waals surface area contributed by atoms with E-state index in [0.717, 1.165) is 24.4 Å². The van der Waals surface area contributed by atoms with Crippen LogP contribution >= 0.6 is 0 Å². The van der Waals surface area contributed by atoms with Crippen molar-refractivity contribution in [1.29, 1.82) is 0 Å². The fourth-order valence-electron chi connectivity index (χ4n) is 1.46. The number of ether oxygens (including phenoxy) is 1. The molecule has 0 atom stereocenters. The summed E-state index contributed by atoms with van der Waals surface area (Å²) in [5.74, 6) is 1.58. The minimum Gasteiger partial charge on any atom is -0.419 e. The number of nitrogens with one attached hydrogen (secondary N) is 2. The first kappa shape index (κ1) is 12.3. The SMILES string of the molecule is CCCNc1nc(C)cc(Oc2cc(C)[nH]n2)n1. The van der Waals surface area contributed by atoms with Crippen LogP contribution in [0.25, 0.3) is 0 Å². The standard InChI is InChI=1S/C12H17N5O/c1-4-5-13-12-14-8(2)6-10(15-12)18-11-7-9(3)16-17-11/h6-7H,4-5H2,1-3H3,(H,16,17)(H,13,14,15). The average Bonchev–Trinajstić information content (AvgIpc) is 2.71. The Hall–Kier alpha value is -2.11. The fraction of sp³-hybridized carbons (Fsp3) is 0.417. The van der Waals surface area contributed by atoms with Crippen LogP contribution in [0.1, 0.15) is 24.7 Å². The van der Waals surface area contributed by atoms with E-state index in [1.54, 1.807) is 6.07 Å². The molecule has 0 fully saturated rings. The molecular formula is C12H17N5O. The smallest absolute Gasteiger partial charge is 0.240 e. The molecule has 0 aromatic carbocycles. The Kier molecular flexibility index (Phi) is 3.76. The molecule has 18 heavy (non-hydrogen) atoms. The first-order valence-electron chi connectivity index (χ1n) is 5.97. The average molecular weight is 247 g/mol. The van der Waals surface area contributed by atoms with Crippen molar-refractivity contribution < 1.29 is 4.74 Å². The zero-order valence-electron chi connectivity index (χ0n) is 10.8. The number of aromatic amines is 1. The van der Waals surface area contributed by atoms with Crippen LogP contribution in [0.4, 0.5) is 5.95 Å². The van der Waals surface area contributed by atoms with Gasteiger partial charge in [-0.05, 0) is 20.3 Å². The second-order valence-electron chi connectivity index (χ2n) is 4.09. The Balaban J connectivity index is 2.14. The lowest BCUT2D eigenvalue weighted by Gasteiger charge is -2.06. The molecule has 2 rings (SSSR count). The van der Waals surface area contributed by atoms with Crippen LogP contribution in [0, 0.1) is 13.8 Å². The number of aryl methyl sites for hydroxylation is 2. The summed E-state index contributed by atoms with van der Waals surface area (Å²) in [5.41, 5.74) is 1.80. The maximum Gasteiger partial charge on any atom is 0.240 e. The Labute approximate surface area is 106 Å². The highest BCUT2D eigenvalue weighted by Gasteiger charge is 2.06. The molecule has 96 valence electrons. The Bertz CT molecular complexity index is 523. The second-order valence-corrected chi connectivity index (χ2v) is 4.09. The van der Waals surface area contributed by atoms with Crippen molar-refractivity contribution in [1.82, 2.24) is 20.2 Å². The molecule has 0 aliphatic rings. The zero-order valence-corrected chi connectivity index (χ0v) is 10.8. The molecule has 6 nitrogen and oxygen atoms in total. The fourth-order valence-corrected chi connectivity index (χ4v) is 1.46. The van der Waals surface area contributed by atoms with Crippen LogP contribution in [0.5, 0.6) is 11.8 Å². The van der Waals surface area contributed by atoms with Crippen molar-refractivity contribution in [2.24, 2.45) is 0 Å². The number of hydrogen-bond donors (Lipinski definition) is 2. The van der Waals surface area contributed by atoms with E-state index < -0.39 is 0 Å². The van der Waals surface area contributed by atoms with Crippen LogP contribution in [0.2, 0.25) is 0 Å². The van der Waals surface area contributed by atoms with Crippen LogP contribution in [0.15, 0.2) is 12.1 Å². The maximum atomic E-state index is 5.57. The molecule has 2 heterocycles. The summed E-state index contributed by atoms with van der Waals surface area (Å²) in [5, 5.41) is 9.96. The normalized spacial score (nSPS) is 10.4. The molecule has 0 saturated heterocycles. The summed E-state index contributed by atoms with van der Waals surface area (Å²) in [6, 6.07) is 3.59. The minimum atomic E-state index is 0.493. The predicted octanol–water partition coefficient (Wildman–Crippen LogP) is 2.43. The van der Waals surface area contributed by atoms with Crippen molar-refractivity contribution in [3.63, 3.8) is 0 Å². The summed E-state index contributed by atoms with van der Waals surface area (Å²) in [4.78, 5) is 8.57. The molecule has 0 spiro atoms. The van der Waals surface area contributed by atoms with Gasteiger partial charge in [0.15, 0.2) is 0 Å². The van der Waals surface area contributed by atoms with Gasteiger partial charge in [-0.3, -0.25) is 5.10 Å². The van der Waals surface area contributed by atoms with E-state index in [1.807, 2.05) is 19.9 Å². The molecule has 2 N–H and O–H groups in total. The molecule has 0 unspecified atom stereocenters. The lowest BCUT2D eigenvalue weighted by Crippen LogP contribution is -2.05. The summed E-state index contributed by atoms with van der Waals surface area (Å²) in [6.07, 6.45) is 1.02. The maximum absolute atomic E-state index is 5.57. The number of rotatable bonds is 5. The van der Waals surface area contributed by atoms with Crippen LogP contribution < -0.4 is 10.1 Å². The molecule has 0 aliphatic carbocycles. The van der Waals surface area contributed by atoms with E-state index in [0.29, 0.717) is 17.7 Å². The highest BCUT2D eigenvalue weighted by molar-refractivity contribution is 5.32. The minimum absolute atomic E-state index is 0.493. The largest absolute Gasteiger partial charge is 0.419 e. The van der Waals surface area contributed by atoms with Crippen molar-refractivity contribution in [2.45, 2.75) is 27.2 Å². The summed E-state index contributed by atoms with van der Waals surface area (Å²) in [7, 11) is 0. The van der Waals surface area contributed by atoms with Gasteiger partial charge in [-0.1, -0.05) is 6.92 Å². The van der Waals surface area contributed by atoms with Crippen molar-refractivity contribution in [2.75, 3.05) is 11.9 Å². The Morgan fingerprint density at radius 1 is 1.22 bits per heavy atom. The molecule has 0 amide bonds. The van der Waals surface area contributed by atoms with Gasteiger partial charge in [0, 0.05) is 30.1 Å². The van der Waals surface area contributed by atoms with Crippen molar-refractivity contribution in [3.8, 4) is 11.8 Å². The highest BCUT2D eigenvalue weighted by atomic mass is 16.5. The quantitative estimate of drug-likeness (QED) is 0.848. The van der Waals surface area contributed by atoms with Crippen LogP contribution in [0.3, 0.4) is 0 Å². The second kappa shape index (κ2) is 5.48. The first-order valence-corrected chi connectivity index (χ1v) is 5.97. The van der Waals surface area contributed by atoms with Gasteiger partial charge in [-0.15, -0.1) is 5.10 Å². The predicted molar refractivity (Wildman–Crippen MR) is 68.9 cm³/mol. The lowest BCUT2D eigenvalue weighted by atomic mass is 10.4. The summed E-state index contributed by atoms with van der Waals surface area (Å²) in [6.45, 7) is 6.75. The van der Waals surface area contributed by atoms with Gasteiger partial charge in [0.2, 0.25) is 17.7 Å². The summed E-state index contributed by atoms with van der Waals surface area (Å²) < 4.78 is 5.57. The number of hydrogen-bond acceptors (Lipinski definition) is 5. The van der Waals surface area contributed by atoms with E-state index in [9.17, 15) is 0 Å². The molecule has 2 aromatic rings. The first-order chi connectivity index (χ1) is 8.67. The van der Waals surface area contributed by atoms with E-state index in [-0.39, 0.29) is 0 Å². The molecule has 0 bridgehead atoms. The third-order valence-corrected chi connectivity index (χ3v) is 2.26. The van der Waals surface area contributed by atoms with Crippen molar-refractivity contribution >= 4 is 5.95 Å². The third kappa shape index (κ3) is 3.19. The van der Waals surface area contributed by atoms with E-state index in [2.05, 4.69) is 32.4 Å². The lowest BCUT2D eigenvalue weighted by molar-refractivity contribution is 0.442. The van der Waals surface area contributed by atoms with Gasteiger partial charge in [-0.25, -0.2) is 4.98 Å². The molecular weight excluding hydrogens is 230 g/mol. The molecule has 2 aromatic heterocycles.